The fraction of sp³-hybridized carbons (Fsp3) is 0.267. The van der Waals surface area contributed by atoms with E-state index in [2.05, 4.69) is 72.6 Å². The zero-order valence-corrected chi connectivity index (χ0v) is 22.9. The number of aryl methyl sites for hydroxylation is 1. The molecule has 4 heteroatoms. The topological polar surface area (TPSA) is 54.5 Å². The molecule has 3 aromatic carbocycles. The van der Waals surface area contributed by atoms with E-state index in [0.29, 0.717) is 0 Å². The Morgan fingerprint density at radius 2 is 1.71 bits per heavy atom. The Bertz CT molecular complexity index is 1290. The second-order valence-corrected chi connectivity index (χ2v) is 8.81. The molecule has 4 rings (SSSR count). The number of pyridine rings is 1. The fourth-order valence-electron chi connectivity index (χ4n) is 3.51. The van der Waals surface area contributed by atoms with Gasteiger partial charge in [0.05, 0.1) is 12.0 Å². The third-order valence-corrected chi connectivity index (χ3v) is 5.68. The molecule has 0 aliphatic heterocycles. The van der Waals surface area contributed by atoms with Crippen molar-refractivity contribution in [2.75, 3.05) is 0 Å². The van der Waals surface area contributed by atoms with Gasteiger partial charge in [-0.2, -0.15) is 0 Å². The molecule has 0 amide bonds. The Balaban J connectivity index is 0.000000294. The quantitative estimate of drug-likeness (QED) is 0.0807. The number of rotatable bonds is 5. The number of nitrogens with zero attached hydrogens (tertiary/aromatic N) is 1. The summed E-state index contributed by atoms with van der Waals surface area (Å²) in [7, 11) is 0. The molecule has 34 heavy (non-hydrogen) atoms. The number of aromatic nitrogens is 1. The maximum atomic E-state index is 9.23. The number of carbonyl (C=O) groups excluding carboxylic acids is 1. The van der Waals surface area contributed by atoms with Gasteiger partial charge in [-0.1, -0.05) is 71.0 Å². The van der Waals surface area contributed by atoms with Crippen LogP contribution in [-0.4, -0.2) is 20.7 Å². The molecule has 0 bridgehead atoms. The van der Waals surface area contributed by atoms with E-state index in [9.17, 15) is 9.90 Å². The number of fused-ring (bicyclic) bond motifs is 3. The molecule has 0 fully saturated rings. The van der Waals surface area contributed by atoms with E-state index in [1.807, 2.05) is 40.0 Å². The van der Waals surface area contributed by atoms with Crippen molar-refractivity contribution in [2.24, 2.45) is 11.8 Å². The Labute approximate surface area is 216 Å². The van der Waals surface area contributed by atoms with Gasteiger partial charge in [-0.3, -0.25) is 4.79 Å². The summed E-state index contributed by atoms with van der Waals surface area (Å²) in [5, 5.41) is 14.2. The zero-order valence-electron chi connectivity index (χ0n) is 20.5. The van der Waals surface area contributed by atoms with Crippen molar-refractivity contribution < 1.29 is 30.0 Å². The molecule has 179 valence electrons. The summed E-state index contributed by atoms with van der Waals surface area (Å²) in [5.74, 6) is 0.624. The first-order valence-electron chi connectivity index (χ1n) is 11.6. The van der Waals surface area contributed by atoms with Crippen molar-refractivity contribution in [1.82, 2.24) is 4.98 Å². The molecule has 1 heterocycles. The van der Waals surface area contributed by atoms with Gasteiger partial charge in [-0.05, 0) is 39.7 Å². The second-order valence-electron chi connectivity index (χ2n) is 8.81. The molecule has 3 nitrogen and oxygen atoms in total. The van der Waals surface area contributed by atoms with E-state index in [-0.39, 0.29) is 43.5 Å². The number of allylic oxidation sites excluding steroid dienone is 2. The molecular weight excluding hydrogens is 599 g/mol. The average molecular weight is 632 g/mol. The van der Waals surface area contributed by atoms with E-state index in [0.717, 1.165) is 17.7 Å². The maximum absolute atomic E-state index is 9.23. The summed E-state index contributed by atoms with van der Waals surface area (Å²) in [4.78, 5) is 13.9. The van der Waals surface area contributed by atoms with Crippen LogP contribution in [0.15, 0.2) is 78.7 Å². The van der Waals surface area contributed by atoms with E-state index in [1.54, 1.807) is 0 Å². The largest absolute Gasteiger partial charge is 0.512 e. The molecular formula is C30H33IrNO2. The molecule has 1 radical (unpaired) electrons. The van der Waals surface area contributed by atoms with Gasteiger partial charge in [0.25, 0.3) is 0 Å². The van der Waals surface area contributed by atoms with Crippen molar-refractivity contribution in [3.05, 3.63) is 90.3 Å². The van der Waals surface area contributed by atoms with Crippen LogP contribution >= 0.6 is 0 Å². The Hall–Kier alpha value is -2.81. The Kier molecular flexibility index (Phi) is 10.2. The van der Waals surface area contributed by atoms with Crippen LogP contribution in [0, 0.1) is 17.9 Å². The van der Waals surface area contributed by atoms with Gasteiger partial charge in [0.1, 0.15) is 5.76 Å². The minimum Gasteiger partial charge on any atom is -0.512 e. The summed E-state index contributed by atoms with van der Waals surface area (Å²) >= 11 is 0. The van der Waals surface area contributed by atoms with Gasteiger partial charge in [-0.15, -0.1) is 35.4 Å². The number of ketones is 1. The van der Waals surface area contributed by atoms with Gasteiger partial charge in [0.15, 0.2) is 0 Å². The van der Waals surface area contributed by atoms with E-state index >= 15 is 0 Å². The SMILES string of the molecule is CC(C)C(=[OH+])/C=C(\O)C(C)C.CCc1cc[c-]c(-c2nccc3c2ccc2ccccc23)c1.[Ir]. The first-order chi connectivity index (χ1) is 15.8. The monoisotopic (exact) mass is 632 g/mol. The number of benzene rings is 3. The minimum atomic E-state index is 0. The van der Waals surface area contributed by atoms with Crippen LogP contribution in [0.3, 0.4) is 0 Å². The molecule has 0 unspecified atom stereocenters. The van der Waals surface area contributed by atoms with Crippen LogP contribution < -0.4 is 0 Å². The van der Waals surface area contributed by atoms with Crippen LogP contribution in [-0.2, 0) is 26.5 Å². The molecule has 0 saturated carbocycles. The summed E-state index contributed by atoms with van der Waals surface area (Å²) < 4.78 is 0. The average Bonchev–Trinajstić information content (AvgIpc) is 2.83. The van der Waals surface area contributed by atoms with Crippen molar-refractivity contribution in [3.63, 3.8) is 0 Å². The predicted octanol–water partition coefficient (Wildman–Crippen LogP) is 7.70. The summed E-state index contributed by atoms with van der Waals surface area (Å²) in [6, 6.07) is 24.6. The van der Waals surface area contributed by atoms with Gasteiger partial charge >= 0.3 is 5.78 Å². The van der Waals surface area contributed by atoms with Crippen LogP contribution in [0.1, 0.15) is 40.2 Å². The number of hydrogen-bond acceptors (Lipinski definition) is 2. The van der Waals surface area contributed by atoms with Crippen LogP contribution in [0.4, 0.5) is 0 Å². The number of aliphatic hydroxyl groups excluding tert-OH is 1. The van der Waals surface area contributed by atoms with E-state index in [1.165, 1.54) is 33.2 Å². The molecule has 0 aliphatic rings. The standard InChI is InChI=1S/C21H16N.C9H16O2.Ir/c1-2-15-6-5-8-17(14-15)21-20-11-10-16-7-3-4-9-18(16)19(20)12-13-22-21;1-6(2)8(10)5-9(11)7(3)4;/h3-7,9-14H,2H2,1H3;5-7,10H,1-4H3;/q-1;;/p+1/b;8-5-;. The minimum absolute atomic E-state index is 0. The molecule has 2 N–H and O–H groups in total. The molecule has 0 saturated heterocycles. The van der Waals surface area contributed by atoms with Gasteiger partial charge in [0, 0.05) is 32.2 Å². The van der Waals surface area contributed by atoms with E-state index < -0.39 is 0 Å². The van der Waals surface area contributed by atoms with Crippen molar-refractivity contribution in [3.8, 4) is 11.3 Å². The third kappa shape index (κ3) is 6.62. The molecule has 1 aromatic heterocycles. The number of aliphatic hydroxyl groups is 1. The molecule has 0 atom stereocenters. The van der Waals surface area contributed by atoms with Gasteiger partial charge in [0.2, 0.25) is 0 Å². The zero-order chi connectivity index (χ0) is 24.0. The van der Waals surface area contributed by atoms with Crippen molar-refractivity contribution in [1.29, 1.82) is 0 Å². The van der Waals surface area contributed by atoms with Crippen LogP contribution in [0.25, 0.3) is 32.8 Å². The normalized spacial score (nSPS) is 11.3. The summed E-state index contributed by atoms with van der Waals surface area (Å²) in [6.45, 7) is 9.67. The van der Waals surface area contributed by atoms with Gasteiger partial charge < -0.3 is 10.1 Å². The molecule has 0 spiro atoms. The first kappa shape index (κ1) is 27.4. The summed E-state index contributed by atoms with van der Waals surface area (Å²) in [5.41, 5.74) is 3.40. The number of hydrogen-bond donors (Lipinski definition) is 1. The second kappa shape index (κ2) is 12.6. The molecule has 0 aliphatic carbocycles. The first-order valence-corrected chi connectivity index (χ1v) is 11.6. The van der Waals surface area contributed by atoms with Crippen LogP contribution in [0.5, 0.6) is 0 Å². The summed E-state index contributed by atoms with van der Waals surface area (Å²) in [6.07, 6.45) is 4.35. The predicted molar refractivity (Wildman–Crippen MR) is 140 cm³/mol. The molecule has 4 aromatic rings. The Morgan fingerprint density at radius 3 is 2.38 bits per heavy atom. The van der Waals surface area contributed by atoms with Gasteiger partial charge in [-0.25, -0.2) is 0 Å². The maximum Gasteiger partial charge on any atom is 0.322 e. The smallest absolute Gasteiger partial charge is 0.322 e. The van der Waals surface area contributed by atoms with Crippen LogP contribution in [0.2, 0.25) is 0 Å². The van der Waals surface area contributed by atoms with E-state index in [4.69, 9.17) is 0 Å². The fourth-order valence-corrected chi connectivity index (χ4v) is 3.51. The van der Waals surface area contributed by atoms with Crippen molar-refractivity contribution >= 4 is 27.3 Å². The third-order valence-electron chi connectivity index (χ3n) is 5.68. The van der Waals surface area contributed by atoms with Crippen molar-refractivity contribution in [2.45, 2.75) is 41.0 Å². The Morgan fingerprint density at radius 1 is 0.971 bits per heavy atom.